The molecule has 3 aliphatic rings. The number of hydrogen-bond donors (Lipinski definition) is 0. The number of carbonyl (C=O) groups is 2. The van der Waals surface area contributed by atoms with Crippen molar-refractivity contribution in [2.75, 3.05) is 4.90 Å². The number of para-hydroxylation sites is 1. The molecule has 112 valence electrons. The van der Waals surface area contributed by atoms with Gasteiger partial charge in [0.2, 0.25) is 11.8 Å². The Morgan fingerprint density at radius 1 is 1.00 bits per heavy atom. The topological polar surface area (TPSA) is 37.4 Å². The van der Waals surface area contributed by atoms with Gasteiger partial charge < -0.3 is 0 Å². The lowest BCUT2D eigenvalue weighted by molar-refractivity contribution is -0.122. The van der Waals surface area contributed by atoms with Crippen LogP contribution < -0.4 is 4.90 Å². The van der Waals surface area contributed by atoms with Gasteiger partial charge in [0.15, 0.2) is 0 Å². The Kier molecular flexibility index (Phi) is 2.85. The van der Waals surface area contributed by atoms with E-state index in [1.807, 2.05) is 0 Å². The summed E-state index contributed by atoms with van der Waals surface area (Å²) in [5.74, 6) is -0.599. The highest BCUT2D eigenvalue weighted by molar-refractivity contribution is 6.36. The quantitative estimate of drug-likeness (QED) is 0.587. The lowest BCUT2D eigenvalue weighted by Gasteiger charge is -2.20. The molecule has 2 amide bonds. The summed E-state index contributed by atoms with van der Waals surface area (Å²) in [7, 11) is 0. The van der Waals surface area contributed by atoms with Crippen molar-refractivity contribution in [1.29, 1.82) is 0 Å². The molecule has 4 rings (SSSR count). The molecule has 4 heteroatoms. The maximum atomic E-state index is 12.9. The molecule has 0 spiro atoms. The zero-order chi connectivity index (χ0) is 15.6. The molecular formula is C18H16ClNO2. The van der Waals surface area contributed by atoms with Crippen LogP contribution in [0.1, 0.15) is 13.8 Å². The molecule has 22 heavy (non-hydrogen) atoms. The third kappa shape index (κ3) is 1.57. The fourth-order valence-corrected chi connectivity index (χ4v) is 4.52. The molecule has 1 saturated heterocycles. The predicted octanol–water partition coefficient (Wildman–Crippen LogP) is 3.60. The molecule has 1 heterocycles. The number of amides is 2. The van der Waals surface area contributed by atoms with Crippen molar-refractivity contribution in [2.24, 2.45) is 23.7 Å². The number of hydrogen-bond acceptors (Lipinski definition) is 2. The van der Waals surface area contributed by atoms with Crippen LogP contribution in [0.4, 0.5) is 5.69 Å². The average molecular weight is 314 g/mol. The van der Waals surface area contributed by atoms with Gasteiger partial charge in [0.1, 0.15) is 0 Å². The van der Waals surface area contributed by atoms with Crippen LogP contribution in [-0.4, -0.2) is 11.8 Å². The number of nitrogens with zero attached hydrogens (tertiary/aromatic N) is 1. The van der Waals surface area contributed by atoms with E-state index in [9.17, 15) is 9.59 Å². The third-order valence-corrected chi connectivity index (χ3v) is 5.41. The van der Waals surface area contributed by atoms with Gasteiger partial charge in [-0.15, -0.1) is 0 Å². The highest BCUT2D eigenvalue weighted by Crippen LogP contribution is 2.57. The van der Waals surface area contributed by atoms with Crippen LogP contribution in [-0.2, 0) is 9.59 Å². The molecular weight excluding hydrogens is 298 g/mol. The summed E-state index contributed by atoms with van der Waals surface area (Å²) in [6, 6.07) is 7.03. The summed E-state index contributed by atoms with van der Waals surface area (Å²) >= 11 is 6.19. The van der Waals surface area contributed by atoms with E-state index in [1.54, 1.807) is 24.3 Å². The largest absolute Gasteiger partial charge is 0.274 e. The fraction of sp³-hybridized carbons (Fsp3) is 0.333. The van der Waals surface area contributed by atoms with Gasteiger partial charge in [-0.3, -0.25) is 9.59 Å². The number of halogens is 1. The van der Waals surface area contributed by atoms with Gasteiger partial charge >= 0.3 is 0 Å². The SMILES string of the molecule is CC(C)=C1[C@@H]2C=C[C@@H]1[C@H]1C(=O)N(c3ccccc3Cl)C(=O)[C@@H]12. The molecule has 4 atom stereocenters. The minimum absolute atomic E-state index is 0.0731. The Morgan fingerprint density at radius 2 is 1.55 bits per heavy atom. The number of imide groups is 1. The summed E-state index contributed by atoms with van der Waals surface area (Å²) < 4.78 is 0. The van der Waals surface area contributed by atoms with Gasteiger partial charge in [-0.25, -0.2) is 4.90 Å². The van der Waals surface area contributed by atoms with Gasteiger partial charge in [0.25, 0.3) is 0 Å². The molecule has 3 nitrogen and oxygen atoms in total. The van der Waals surface area contributed by atoms with E-state index in [4.69, 9.17) is 11.6 Å². The van der Waals surface area contributed by atoms with Gasteiger partial charge in [0.05, 0.1) is 22.5 Å². The minimum Gasteiger partial charge on any atom is -0.274 e. The molecule has 1 aromatic rings. The van der Waals surface area contributed by atoms with Crippen molar-refractivity contribution < 1.29 is 9.59 Å². The van der Waals surface area contributed by atoms with Crippen LogP contribution in [0.15, 0.2) is 47.6 Å². The lowest BCUT2D eigenvalue weighted by atomic mass is 9.85. The fourth-order valence-electron chi connectivity index (χ4n) is 4.30. The Morgan fingerprint density at radius 3 is 2.05 bits per heavy atom. The Hall–Kier alpha value is -1.87. The number of fused-ring (bicyclic) bond motifs is 5. The number of allylic oxidation sites excluding steroid dienone is 4. The molecule has 0 radical (unpaired) electrons. The first-order chi connectivity index (χ1) is 10.5. The van der Waals surface area contributed by atoms with Crippen molar-refractivity contribution >= 4 is 29.1 Å². The van der Waals surface area contributed by atoms with E-state index < -0.39 is 0 Å². The van der Waals surface area contributed by atoms with Gasteiger partial charge in [-0.1, -0.05) is 47.0 Å². The monoisotopic (exact) mass is 313 g/mol. The Bertz CT molecular complexity index is 726. The van der Waals surface area contributed by atoms with Crippen LogP contribution in [0.3, 0.4) is 0 Å². The Balaban J connectivity index is 1.80. The third-order valence-electron chi connectivity index (χ3n) is 5.09. The van der Waals surface area contributed by atoms with E-state index in [1.165, 1.54) is 16.0 Å². The smallest absolute Gasteiger partial charge is 0.238 e. The highest BCUT2D eigenvalue weighted by Gasteiger charge is 2.62. The maximum Gasteiger partial charge on any atom is 0.238 e. The van der Waals surface area contributed by atoms with Crippen molar-refractivity contribution in [1.82, 2.24) is 0 Å². The Labute approximate surface area is 134 Å². The number of carbonyl (C=O) groups excluding carboxylic acids is 2. The standard InChI is InChI=1S/C18H16ClNO2/c1-9(2)14-10-7-8-11(14)16-15(10)17(21)20(18(16)22)13-6-4-3-5-12(13)19/h3-8,10-11,15-16H,1-2H3/t10-,11-,15+,16+/m0/s1. The molecule has 2 bridgehead atoms. The van der Waals surface area contributed by atoms with Crippen LogP contribution >= 0.6 is 11.6 Å². The first-order valence-corrected chi connectivity index (χ1v) is 7.88. The van der Waals surface area contributed by atoms with Crippen molar-refractivity contribution in [3.63, 3.8) is 0 Å². The summed E-state index contributed by atoms with van der Waals surface area (Å²) in [5, 5.41) is 0.437. The number of rotatable bonds is 1. The molecule has 2 aliphatic carbocycles. The number of anilines is 1. The average Bonchev–Trinajstić information content (AvgIpc) is 3.11. The van der Waals surface area contributed by atoms with E-state index in [2.05, 4.69) is 26.0 Å². The van der Waals surface area contributed by atoms with Crippen molar-refractivity contribution in [3.05, 3.63) is 52.6 Å². The highest BCUT2D eigenvalue weighted by atomic mass is 35.5. The van der Waals surface area contributed by atoms with Crippen LogP contribution in [0.2, 0.25) is 5.02 Å². The molecule has 0 N–H and O–H groups in total. The second-order valence-electron chi connectivity index (χ2n) is 6.41. The molecule has 1 saturated carbocycles. The number of benzene rings is 1. The zero-order valence-corrected chi connectivity index (χ0v) is 13.2. The molecule has 2 fully saturated rings. The van der Waals surface area contributed by atoms with E-state index >= 15 is 0 Å². The predicted molar refractivity (Wildman–Crippen MR) is 85.4 cm³/mol. The lowest BCUT2D eigenvalue weighted by Crippen LogP contribution is -2.33. The summed E-state index contributed by atoms with van der Waals surface area (Å²) in [4.78, 5) is 27.1. The van der Waals surface area contributed by atoms with Crippen molar-refractivity contribution in [2.45, 2.75) is 13.8 Å². The second kappa shape index (κ2) is 4.56. The molecule has 0 aromatic heterocycles. The second-order valence-corrected chi connectivity index (χ2v) is 6.81. The van der Waals surface area contributed by atoms with Gasteiger partial charge in [-0.2, -0.15) is 0 Å². The summed E-state index contributed by atoms with van der Waals surface area (Å²) in [6.45, 7) is 4.12. The van der Waals surface area contributed by atoms with E-state index in [-0.39, 0.29) is 35.5 Å². The van der Waals surface area contributed by atoms with E-state index in [0.717, 1.165) is 0 Å². The minimum atomic E-state index is -0.260. The maximum absolute atomic E-state index is 12.9. The molecule has 0 unspecified atom stereocenters. The molecule has 1 aliphatic heterocycles. The summed E-state index contributed by atoms with van der Waals surface area (Å²) in [5.41, 5.74) is 2.99. The molecule has 1 aromatic carbocycles. The van der Waals surface area contributed by atoms with E-state index in [0.29, 0.717) is 10.7 Å². The first-order valence-electron chi connectivity index (χ1n) is 7.50. The van der Waals surface area contributed by atoms with Crippen LogP contribution in [0.5, 0.6) is 0 Å². The first kappa shape index (κ1) is 13.8. The zero-order valence-electron chi connectivity index (χ0n) is 12.4. The normalized spacial score (nSPS) is 32.1. The van der Waals surface area contributed by atoms with Gasteiger partial charge in [0, 0.05) is 11.8 Å². The van der Waals surface area contributed by atoms with Crippen LogP contribution in [0.25, 0.3) is 0 Å². The summed E-state index contributed by atoms with van der Waals surface area (Å²) in [6.07, 6.45) is 4.19. The van der Waals surface area contributed by atoms with Crippen LogP contribution in [0, 0.1) is 23.7 Å². The van der Waals surface area contributed by atoms with Gasteiger partial charge in [-0.05, 0) is 26.0 Å². The van der Waals surface area contributed by atoms with Crippen molar-refractivity contribution in [3.8, 4) is 0 Å².